The molecule has 47 heavy (non-hydrogen) atoms. The number of unbranched alkanes of at least 4 members (excludes halogenated alkanes) is 5. The molecule has 0 fully saturated rings. The summed E-state index contributed by atoms with van der Waals surface area (Å²) in [6.07, 6.45) is 13.6. The summed E-state index contributed by atoms with van der Waals surface area (Å²) < 4.78 is 36.8. The van der Waals surface area contributed by atoms with Gasteiger partial charge in [0.15, 0.2) is 0 Å². The maximum absolute atomic E-state index is 15.9. The fourth-order valence-electron chi connectivity index (χ4n) is 4.98. The zero-order valence-corrected chi connectivity index (χ0v) is 29.9. The molecule has 2 rings (SSSR count). The van der Waals surface area contributed by atoms with Gasteiger partial charge in [-0.2, -0.15) is 5.26 Å². The Morgan fingerprint density at radius 3 is 2.38 bits per heavy atom. The van der Waals surface area contributed by atoms with Crippen molar-refractivity contribution in [3.63, 3.8) is 0 Å². The Morgan fingerprint density at radius 2 is 1.77 bits per heavy atom. The molecule has 0 saturated heterocycles. The lowest BCUT2D eigenvalue weighted by Crippen LogP contribution is -2.22. The number of hydrogen-bond acceptors (Lipinski definition) is 5. The second-order valence-electron chi connectivity index (χ2n) is 11.8. The molecule has 2 unspecified atom stereocenters. The van der Waals surface area contributed by atoms with Crippen molar-refractivity contribution in [2.24, 2.45) is 4.99 Å². The first-order valence-electron chi connectivity index (χ1n) is 16.8. The third-order valence-electron chi connectivity index (χ3n) is 7.97. The molecule has 2 atom stereocenters. The highest BCUT2D eigenvalue weighted by atomic mass is 35.5. The van der Waals surface area contributed by atoms with Crippen LogP contribution in [-0.4, -0.2) is 17.8 Å². The average molecular weight is 665 g/mol. The van der Waals surface area contributed by atoms with Crippen LogP contribution in [0.5, 0.6) is 0 Å². The predicted molar refractivity (Wildman–Crippen MR) is 193 cm³/mol. The zero-order valence-electron chi connectivity index (χ0n) is 29.2. The van der Waals surface area contributed by atoms with Crippen LogP contribution in [0, 0.1) is 23.0 Å². The number of benzene rings is 1. The molecule has 254 valence electrons. The van der Waals surface area contributed by atoms with Crippen molar-refractivity contribution in [2.45, 2.75) is 112 Å². The van der Waals surface area contributed by atoms with Gasteiger partial charge in [0.25, 0.3) is 0 Å². The van der Waals surface area contributed by atoms with Crippen molar-refractivity contribution in [3.8, 4) is 6.07 Å². The van der Waals surface area contributed by atoms with E-state index in [0.717, 1.165) is 25.7 Å². The number of halogens is 3. The fourth-order valence-corrected chi connectivity index (χ4v) is 5.12. The number of hydrogen-bond donors (Lipinski definition) is 1. The number of allylic oxidation sites excluding steroid dienone is 5. The predicted octanol–water partition coefficient (Wildman–Crippen LogP) is 11.7. The van der Waals surface area contributed by atoms with E-state index in [9.17, 15) is 9.65 Å². The summed E-state index contributed by atoms with van der Waals surface area (Å²) >= 11 is 6.88. The van der Waals surface area contributed by atoms with Gasteiger partial charge in [-0.1, -0.05) is 84.1 Å². The molecule has 5 nitrogen and oxygen atoms in total. The highest BCUT2D eigenvalue weighted by molar-refractivity contribution is 6.35. The number of aliphatic imine (C=N–C) groups is 1. The maximum Gasteiger partial charge on any atom is 0.209 e. The molecule has 0 spiro atoms. The van der Waals surface area contributed by atoms with Gasteiger partial charge in [0.05, 0.1) is 40.7 Å². The molecule has 1 N–H and O–H groups in total. The molecule has 1 aromatic carbocycles. The number of nitrogens with zero attached hydrogens (tertiary/aromatic N) is 3. The van der Waals surface area contributed by atoms with E-state index in [2.05, 4.69) is 29.9 Å². The van der Waals surface area contributed by atoms with Crippen LogP contribution in [0.4, 0.5) is 8.78 Å². The zero-order chi connectivity index (χ0) is 34.9. The number of nitrogens with one attached hydrogen (secondary N) is 1. The van der Waals surface area contributed by atoms with E-state index in [4.69, 9.17) is 21.3 Å². The van der Waals surface area contributed by atoms with E-state index >= 15 is 4.39 Å². The summed E-state index contributed by atoms with van der Waals surface area (Å²) in [5.41, 5.74) is 3.22. The molecule has 0 aliphatic heterocycles. The van der Waals surface area contributed by atoms with Gasteiger partial charge in [-0.3, -0.25) is 0 Å². The lowest BCUT2D eigenvalue weighted by Gasteiger charge is -2.24. The van der Waals surface area contributed by atoms with Gasteiger partial charge >= 0.3 is 0 Å². The number of rotatable bonds is 19. The highest BCUT2D eigenvalue weighted by Gasteiger charge is 2.24. The minimum absolute atomic E-state index is 0.0708. The van der Waals surface area contributed by atoms with Crippen LogP contribution in [0.3, 0.4) is 0 Å². The van der Waals surface area contributed by atoms with Gasteiger partial charge in [-0.15, -0.1) is 0 Å². The van der Waals surface area contributed by atoms with E-state index in [1.807, 2.05) is 26.8 Å². The van der Waals surface area contributed by atoms with Crippen LogP contribution in [0.15, 0.2) is 64.5 Å². The molecular formula is C39H51ClF2N4O. The van der Waals surface area contributed by atoms with Crippen LogP contribution < -0.4 is 5.32 Å². The monoisotopic (exact) mass is 664 g/mol. The van der Waals surface area contributed by atoms with Crippen molar-refractivity contribution in [3.05, 3.63) is 99.2 Å². The third kappa shape index (κ3) is 11.8. The minimum atomic E-state index is -0.611. The largest absolute Gasteiger partial charge is 0.478 e. The van der Waals surface area contributed by atoms with E-state index < -0.39 is 17.7 Å². The quantitative estimate of drug-likeness (QED) is 0.0702. The molecule has 0 saturated carbocycles. The average Bonchev–Trinajstić information content (AvgIpc) is 3.06. The first-order valence-corrected chi connectivity index (χ1v) is 17.2. The Labute approximate surface area is 286 Å². The van der Waals surface area contributed by atoms with Crippen LogP contribution in [-0.2, 0) is 4.74 Å². The van der Waals surface area contributed by atoms with Crippen molar-refractivity contribution in [1.82, 2.24) is 10.3 Å². The van der Waals surface area contributed by atoms with Gasteiger partial charge in [0, 0.05) is 17.4 Å². The van der Waals surface area contributed by atoms with Crippen LogP contribution in [0.2, 0.25) is 0 Å². The first kappa shape index (κ1) is 39.4. The summed E-state index contributed by atoms with van der Waals surface area (Å²) in [4.78, 5) is 9.45. The molecule has 1 aromatic heterocycles. The summed E-state index contributed by atoms with van der Waals surface area (Å²) in [5.74, 6) is -0.546. The second-order valence-corrected chi connectivity index (χ2v) is 12.2. The number of nitriles is 1. The van der Waals surface area contributed by atoms with Crippen LogP contribution in [0.25, 0.3) is 11.3 Å². The second kappa shape index (κ2) is 20.5. The van der Waals surface area contributed by atoms with Crippen molar-refractivity contribution in [2.75, 3.05) is 6.61 Å². The summed E-state index contributed by atoms with van der Waals surface area (Å²) in [7, 11) is 0. The standard InChI is InChI=1S/C39H51ClF2N4O/c1-9-13-14-15-16-17-21-47-35(18-10-2)44-25-30(12-4)37-34(42)23-31(27(7)11-3)38(46-37)39(36(40)26(5)6)45-28(8)32-22-29(24-43)19-20-33(32)41/h12,18-20,22-23,25,27-28,45H,5,9-11,13-17,21H2,1-4,6-8H3/b30-12+,35-18-,39-36-,44-25+. The third-order valence-corrected chi connectivity index (χ3v) is 8.49. The number of ether oxygens (including phenoxy) is 1. The molecule has 0 radical (unpaired) electrons. The van der Waals surface area contributed by atoms with Gasteiger partial charge in [0.1, 0.15) is 17.3 Å². The first-order chi connectivity index (χ1) is 22.5. The summed E-state index contributed by atoms with van der Waals surface area (Å²) in [5, 5.41) is 13.0. The molecule has 2 aromatic rings. The minimum Gasteiger partial charge on any atom is -0.478 e. The topological polar surface area (TPSA) is 70.3 Å². The fraction of sp³-hybridized carbons (Fsp3) is 0.462. The van der Waals surface area contributed by atoms with Crippen LogP contribution >= 0.6 is 11.6 Å². The molecule has 8 heteroatoms. The summed E-state index contributed by atoms with van der Waals surface area (Å²) in [6, 6.07) is 7.14. The Balaban J connectivity index is 2.56. The lowest BCUT2D eigenvalue weighted by molar-refractivity contribution is 0.202. The van der Waals surface area contributed by atoms with E-state index in [0.29, 0.717) is 46.2 Å². The normalized spacial score (nSPS) is 14.1. The van der Waals surface area contributed by atoms with Crippen molar-refractivity contribution >= 4 is 29.1 Å². The molecular weight excluding hydrogens is 614 g/mol. The Hall–Kier alpha value is -3.76. The van der Waals surface area contributed by atoms with Crippen molar-refractivity contribution in [1.29, 1.82) is 5.26 Å². The summed E-state index contributed by atoms with van der Waals surface area (Å²) in [6.45, 7) is 18.1. The van der Waals surface area contributed by atoms with Gasteiger partial charge in [0.2, 0.25) is 5.88 Å². The smallest absolute Gasteiger partial charge is 0.209 e. The maximum atomic E-state index is 15.9. The van der Waals surface area contributed by atoms with E-state index in [1.165, 1.54) is 49.9 Å². The van der Waals surface area contributed by atoms with Crippen LogP contribution in [0.1, 0.15) is 140 Å². The van der Waals surface area contributed by atoms with Gasteiger partial charge in [-0.05, 0) is 87.4 Å². The van der Waals surface area contributed by atoms with Gasteiger partial charge < -0.3 is 10.1 Å². The van der Waals surface area contributed by atoms with E-state index in [1.54, 1.807) is 33.1 Å². The Bertz CT molecular complexity index is 1520. The Kier molecular flexibility index (Phi) is 17.2. The SMILES string of the molecule is C=C(C)/C(Cl)=C(/NC(C)c1cc(C#N)ccc1F)c1nc(C(=C/C)/C=N/C(=C/CC)OCCCCCCCC)c(F)cc1C(C)CC. The van der Waals surface area contributed by atoms with Crippen molar-refractivity contribution < 1.29 is 13.5 Å². The highest BCUT2D eigenvalue weighted by Crippen LogP contribution is 2.34. The number of pyridine rings is 1. The van der Waals surface area contributed by atoms with Gasteiger partial charge in [-0.25, -0.2) is 18.8 Å². The lowest BCUT2D eigenvalue weighted by atomic mass is 9.93. The number of aromatic nitrogens is 1. The molecule has 0 amide bonds. The molecule has 0 bridgehead atoms. The molecule has 0 aliphatic carbocycles. The van der Waals surface area contributed by atoms with E-state index in [-0.39, 0.29) is 22.2 Å². The Morgan fingerprint density at radius 1 is 1.06 bits per heavy atom. The molecule has 1 heterocycles. The molecule has 0 aliphatic rings.